The number of hydrogen-bond donors (Lipinski definition) is 2. The second-order valence-corrected chi connectivity index (χ2v) is 5.33. The number of amides is 1. The Balaban J connectivity index is 0.00000225. The average Bonchev–Trinajstić information content (AvgIpc) is 2.88. The van der Waals surface area contributed by atoms with Crippen LogP contribution in [-0.4, -0.2) is 33.3 Å². The highest BCUT2D eigenvalue weighted by Crippen LogP contribution is 2.25. The Labute approximate surface area is 146 Å². The number of anilines is 1. The molecule has 2 aromatic rings. The lowest BCUT2D eigenvalue weighted by Gasteiger charge is -2.22. The molecule has 1 aliphatic heterocycles. The monoisotopic (exact) mass is 378 g/mol. The molecular weight excluding hydrogens is 365 g/mol. The molecule has 0 unspecified atom stereocenters. The number of hydroxylamine groups is 1. The molecule has 0 aliphatic carbocycles. The predicted molar refractivity (Wildman–Crippen MR) is 82.7 cm³/mol. The number of fused-ring (bicyclic) bond motifs is 1. The van der Waals surface area contributed by atoms with Gasteiger partial charge in [-0.05, 0) is 17.7 Å². The van der Waals surface area contributed by atoms with Crippen LogP contribution in [0.1, 0.15) is 11.1 Å². The van der Waals surface area contributed by atoms with Gasteiger partial charge in [0.2, 0.25) is 0 Å². The fourth-order valence-electron chi connectivity index (χ4n) is 2.43. The Bertz CT molecular complexity index is 764. The van der Waals surface area contributed by atoms with Gasteiger partial charge in [-0.1, -0.05) is 12.1 Å². The summed E-state index contributed by atoms with van der Waals surface area (Å²) < 4.78 is 41.6. The molecule has 7 nitrogen and oxygen atoms in total. The molecule has 2 heterocycles. The van der Waals surface area contributed by atoms with Crippen molar-refractivity contribution in [3.05, 3.63) is 41.6 Å². The average molecular weight is 379 g/mol. The van der Waals surface area contributed by atoms with Crippen molar-refractivity contribution in [3.63, 3.8) is 0 Å². The number of carbonyl (C=O) groups excluding carboxylic acids is 1. The smallest absolute Gasteiger partial charge is 0.406 e. The molecule has 25 heavy (non-hydrogen) atoms. The van der Waals surface area contributed by atoms with Crippen molar-refractivity contribution in [3.8, 4) is 5.75 Å². The first-order valence-corrected chi connectivity index (χ1v) is 6.92. The summed E-state index contributed by atoms with van der Waals surface area (Å²) in [4.78, 5) is 11.6. The lowest BCUT2D eigenvalue weighted by Crippen LogP contribution is -2.47. The van der Waals surface area contributed by atoms with Gasteiger partial charge in [0.1, 0.15) is 5.75 Å². The lowest BCUT2D eigenvalue weighted by molar-refractivity contribution is -0.274. The molecule has 3 N–H and O–H groups in total. The molecule has 1 amide bonds. The predicted octanol–water partition coefficient (Wildman–Crippen LogP) is 1.86. The zero-order valence-electron chi connectivity index (χ0n) is 12.6. The number of aromatic nitrogens is 2. The van der Waals surface area contributed by atoms with E-state index in [2.05, 4.69) is 9.84 Å². The van der Waals surface area contributed by atoms with E-state index in [0.29, 0.717) is 16.2 Å². The number of nitrogens with zero attached hydrogens (tertiary/aromatic N) is 3. The van der Waals surface area contributed by atoms with Gasteiger partial charge in [-0.15, -0.1) is 25.6 Å². The zero-order chi connectivity index (χ0) is 17.5. The highest BCUT2D eigenvalue weighted by molar-refractivity contribution is 5.97. The van der Waals surface area contributed by atoms with Crippen LogP contribution in [0.3, 0.4) is 0 Å². The molecular formula is C14H14ClF3N4O3. The summed E-state index contributed by atoms with van der Waals surface area (Å²) in [5, 5.41) is 14.2. The van der Waals surface area contributed by atoms with Crippen LogP contribution in [0.4, 0.5) is 19.0 Å². The van der Waals surface area contributed by atoms with Gasteiger partial charge in [0.15, 0.2) is 5.82 Å². The van der Waals surface area contributed by atoms with Gasteiger partial charge in [0, 0.05) is 18.2 Å². The number of alkyl halides is 3. The number of hydrogen-bond acceptors (Lipinski definition) is 5. The number of benzene rings is 1. The Morgan fingerprint density at radius 1 is 1.32 bits per heavy atom. The third kappa shape index (κ3) is 4.21. The number of ether oxygens (including phenoxy) is 1. The first-order chi connectivity index (χ1) is 11.2. The summed E-state index contributed by atoms with van der Waals surface area (Å²) in [6.45, 7) is 0.247. The molecule has 1 aromatic heterocycles. The molecule has 0 saturated carbocycles. The quantitative estimate of drug-likeness (QED) is 0.795. The Morgan fingerprint density at radius 2 is 1.96 bits per heavy atom. The second-order valence-electron chi connectivity index (χ2n) is 5.33. The largest absolute Gasteiger partial charge is 0.573 e. The van der Waals surface area contributed by atoms with E-state index in [9.17, 15) is 23.2 Å². The van der Waals surface area contributed by atoms with Gasteiger partial charge >= 0.3 is 6.36 Å². The molecule has 136 valence electrons. The van der Waals surface area contributed by atoms with E-state index in [1.54, 1.807) is 6.20 Å². The first-order valence-electron chi connectivity index (χ1n) is 6.92. The number of rotatable bonds is 3. The number of halogens is 4. The molecule has 3 rings (SSSR count). The zero-order valence-corrected chi connectivity index (χ0v) is 13.4. The number of carbonyl (C=O) groups is 1. The van der Waals surface area contributed by atoms with Crippen LogP contribution in [0.15, 0.2) is 30.5 Å². The van der Waals surface area contributed by atoms with Gasteiger partial charge in [-0.3, -0.25) is 14.7 Å². The summed E-state index contributed by atoms with van der Waals surface area (Å²) in [6.07, 6.45) is -2.85. The molecule has 11 heteroatoms. The summed E-state index contributed by atoms with van der Waals surface area (Å²) in [5.74, 6) is -0.843. The third-order valence-electron chi connectivity index (χ3n) is 3.48. The lowest BCUT2D eigenvalue weighted by atomic mass is 10.1. The van der Waals surface area contributed by atoms with Crippen LogP contribution in [0, 0.1) is 0 Å². The Hall–Kier alpha value is -2.30. The van der Waals surface area contributed by atoms with Gasteiger partial charge in [-0.25, -0.2) is 0 Å². The fourth-order valence-corrected chi connectivity index (χ4v) is 2.43. The summed E-state index contributed by atoms with van der Waals surface area (Å²) >= 11 is 0. The van der Waals surface area contributed by atoms with Gasteiger partial charge in [0.25, 0.3) is 5.91 Å². The molecule has 0 radical (unpaired) electrons. The van der Waals surface area contributed by atoms with E-state index in [-0.39, 0.29) is 36.9 Å². The summed E-state index contributed by atoms with van der Waals surface area (Å²) in [6, 6.07) is 4.50. The minimum atomic E-state index is -4.74. The van der Waals surface area contributed by atoms with Crippen molar-refractivity contribution < 1.29 is 27.9 Å². The van der Waals surface area contributed by atoms with E-state index in [4.69, 9.17) is 5.73 Å². The highest BCUT2D eigenvalue weighted by Gasteiger charge is 2.32. The van der Waals surface area contributed by atoms with Crippen LogP contribution in [0.25, 0.3) is 0 Å². The SMILES string of the molecule is Cl.N[C@H]1Cc2cn(Cc3ccc(OC(F)(F)F)cc3)nc2N(O)C1=O. The minimum absolute atomic E-state index is 0. The summed E-state index contributed by atoms with van der Waals surface area (Å²) in [5.41, 5.74) is 6.90. The number of nitrogens with two attached hydrogens (primary N) is 1. The van der Waals surface area contributed by atoms with Crippen molar-refractivity contribution in [1.29, 1.82) is 0 Å². The van der Waals surface area contributed by atoms with E-state index in [0.717, 1.165) is 0 Å². The maximum absolute atomic E-state index is 12.1. The standard InChI is InChI=1S/C14H13F3N4O3.ClH/c15-14(16,17)24-10-3-1-8(2-4-10)6-20-7-9-5-11(18)13(22)21(23)12(9)19-20;/h1-4,7,11,23H,5-6,18H2;1H/t11-;/m0./s1. The van der Waals surface area contributed by atoms with E-state index < -0.39 is 18.3 Å². The van der Waals surface area contributed by atoms with Crippen LogP contribution < -0.4 is 15.5 Å². The highest BCUT2D eigenvalue weighted by atomic mass is 35.5. The summed E-state index contributed by atoms with van der Waals surface area (Å²) in [7, 11) is 0. The van der Waals surface area contributed by atoms with E-state index >= 15 is 0 Å². The van der Waals surface area contributed by atoms with Gasteiger partial charge < -0.3 is 10.5 Å². The van der Waals surface area contributed by atoms with E-state index in [1.165, 1.54) is 28.9 Å². The van der Waals surface area contributed by atoms with Crippen LogP contribution in [0.2, 0.25) is 0 Å². The third-order valence-corrected chi connectivity index (χ3v) is 3.48. The fraction of sp³-hybridized carbons (Fsp3) is 0.286. The molecule has 0 saturated heterocycles. The van der Waals surface area contributed by atoms with Crippen LogP contribution in [0.5, 0.6) is 5.75 Å². The van der Waals surface area contributed by atoms with Crippen molar-refractivity contribution in [2.45, 2.75) is 25.4 Å². The van der Waals surface area contributed by atoms with Crippen molar-refractivity contribution in [2.24, 2.45) is 5.73 Å². The van der Waals surface area contributed by atoms with Crippen LogP contribution in [-0.2, 0) is 17.8 Å². The topological polar surface area (TPSA) is 93.6 Å². The minimum Gasteiger partial charge on any atom is -0.406 e. The van der Waals surface area contributed by atoms with Crippen LogP contribution >= 0.6 is 12.4 Å². The molecule has 0 fully saturated rings. The Morgan fingerprint density at radius 3 is 2.56 bits per heavy atom. The first kappa shape index (κ1) is 19.0. The normalized spacial score (nSPS) is 17.1. The molecule has 1 aromatic carbocycles. The maximum atomic E-state index is 12.1. The van der Waals surface area contributed by atoms with Crippen molar-refractivity contribution in [1.82, 2.24) is 9.78 Å². The molecule has 0 bridgehead atoms. The van der Waals surface area contributed by atoms with Gasteiger partial charge in [0.05, 0.1) is 12.6 Å². The molecule has 0 spiro atoms. The van der Waals surface area contributed by atoms with Crippen molar-refractivity contribution in [2.75, 3.05) is 5.06 Å². The maximum Gasteiger partial charge on any atom is 0.573 e. The Kier molecular flexibility index (Phi) is 5.26. The van der Waals surface area contributed by atoms with Gasteiger partial charge in [-0.2, -0.15) is 10.2 Å². The molecule has 1 atom stereocenters. The van der Waals surface area contributed by atoms with Crippen molar-refractivity contribution >= 4 is 24.1 Å². The second kappa shape index (κ2) is 6.90. The molecule has 1 aliphatic rings. The van der Waals surface area contributed by atoms with E-state index in [1.807, 2.05) is 0 Å².